The lowest BCUT2D eigenvalue weighted by atomic mass is 9.94. The third-order valence-electron chi connectivity index (χ3n) is 6.42. The Morgan fingerprint density at radius 3 is 2.64 bits per heavy atom. The Morgan fingerprint density at radius 1 is 1.17 bits per heavy atom. The number of aryl methyl sites for hydroxylation is 1. The molecule has 188 valence electrons. The number of aromatic nitrogens is 3. The van der Waals surface area contributed by atoms with Gasteiger partial charge in [0.2, 0.25) is 15.9 Å². The van der Waals surface area contributed by atoms with Crippen molar-refractivity contribution in [3.05, 3.63) is 58.1 Å². The molecule has 1 aromatic carbocycles. The summed E-state index contributed by atoms with van der Waals surface area (Å²) in [5.41, 5.74) is 0.761. The van der Waals surface area contributed by atoms with Crippen LogP contribution in [0.3, 0.4) is 0 Å². The summed E-state index contributed by atoms with van der Waals surface area (Å²) in [6.07, 6.45) is 3.81. The van der Waals surface area contributed by atoms with E-state index in [1.54, 1.807) is 19.2 Å². The van der Waals surface area contributed by atoms with Crippen LogP contribution in [0.1, 0.15) is 25.1 Å². The number of amides is 1. The van der Waals surface area contributed by atoms with E-state index in [2.05, 4.69) is 15.3 Å². The molecule has 0 saturated carbocycles. The second kappa shape index (κ2) is 9.38. The summed E-state index contributed by atoms with van der Waals surface area (Å²) < 4.78 is 30.0. The van der Waals surface area contributed by atoms with Crippen molar-refractivity contribution in [1.29, 1.82) is 0 Å². The van der Waals surface area contributed by atoms with Gasteiger partial charge in [0, 0.05) is 23.4 Å². The van der Waals surface area contributed by atoms with E-state index < -0.39 is 21.5 Å². The lowest BCUT2D eigenvalue weighted by molar-refractivity contribution is -0.116. The van der Waals surface area contributed by atoms with Crippen molar-refractivity contribution in [3.8, 4) is 0 Å². The molecule has 36 heavy (non-hydrogen) atoms. The third-order valence-corrected chi connectivity index (χ3v) is 9.57. The van der Waals surface area contributed by atoms with Crippen LogP contribution in [0, 0.1) is 18.8 Å². The van der Waals surface area contributed by atoms with Crippen LogP contribution in [0.25, 0.3) is 21.1 Å². The van der Waals surface area contributed by atoms with Gasteiger partial charge in [-0.1, -0.05) is 32.0 Å². The summed E-state index contributed by atoms with van der Waals surface area (Å²) in [7, 11) is -3.90. The van der Waals surface area contributed by atoms with Gasteiger partial charge in [-0.15, -0.1) is 11.3 Å². The Morgan fingerprint density at radius 2 is 1.89 bits per heavy atom. The van der Waals surface area contributed by atoms with E-state index in [-0.39, 0.29) is 28.7 Å². The summed E-state index contributed by atoms with van der Waals surface area (Å²) in [4.78, 5) is 35.7. The first kappa shape index (κ1) is 24.5. The van der Waals surface area contributed by atoms with Crippen LogP contribution in [0.2, 0.25) is 0 Å². The predicted molar refractivity (Wildman–Crippen MR) is 141 cm³/mol. The molecule has 1 aliphatic heterocycles. The number of rotatable bonds is 5. The molecule has 1 N–H and O–H groups in total. The fourth-order valence-corrected chi connectivity index (χ4v) is 8.31. The van der Waals surface area contributed by atoms with Crippen molar-refractivity contribution in [2.75, 3.05) is 18.4 Å². The van der Waals surface area contributed by atoms with Gasteiger partial charge in [-0.25, -0.2) is 13.4 Å². The lowest BCUT2D eigenvalue weighted by Gasteiger charge is -2.34. The number of nitrogens with zero attached hydrogens (tertiary/aromatic N) is 4. The molecule has 0 aliphatic carbocycles. The van der Waals surface area contributed by atoms with E-state index in [4.69, 9.17) is 0 Å². The van der Waals surface area contributed by atoms with Crippen LogP contribution in [0.5, 0.6) is 0 Å². The highest BCUT2D eigenvalue weighted by atomic mass is 32.2. The molecule has 1 amide bonds. The molecule has 3 aromatic heterocycles. The number of sulfonamides is 1. The molecule has 0 bridgehead atoms. The Labute approximate surface area is 212 Å². The topological polar surface area (TPSA) is 114 Å². The Bertz CT molecular complexity index is 1630. The summed E-state index contributed by atoms with van der Waals surface area (Å²) in [6, 6.07) is 9.34. The number of hydrogen-bond acceptors (Lipinski definition) is 7. The minimum absolute atomic E-state index is 0.00906. The van der Waals surface area contributed by atoms with Crippen molar-refractivity contribution in [3.63, 3.8) is 0 Å². The largest absolute Gasteiger partial charge is 0.323 e. The number of anilines is 1. The average Bonchev–Trinajstić information content (AvgIpc) is 3.17. The molecule has 1 fully saturated rings. The number of carbonyl (C=O) groups is 1. The highest BCUT2D eigenvalue weighted by molar-refractivity contribution is 7.89. The van der Waals surface area contributed by atoms with Crippen molar-refractivity contribution in [2.45, 2.75) is 38.6 Å². The van der Waals surface area contributed by atoms with E-state index in [9.17, 15) is 18.0 Å². The van der Waals surface area contributed by atoms with Crippen LogP contribution >= 0.6 is 11.3 Å². The van der Waals surface area contributed by atoms with Gasteiger partial charge >= 0.3 is 0 Å². The van der Waals surface area contributed by atoms with Gasteiger partial charge in [0.05, 0.1) is 29.1 Å². The van der Waals surface area contributed by atoms with Crippen LogP contribution < -0.4 is 10.9 Å². The standard InChI is InChI=1S/C25H27N5O4S2/c1-15-8-16(2)12-30(11-15)36(33,34)23-17(3)35-24-22(23)25(32)29(14-27-24)13-21(31)28-19-9-18-6-4-5-7-20(18)26-10-19/h4-7,9-10,14-16H,8,11-13H2,1-3H3,(H,28,31). The van der Waals surface area contributed by atoms with Crippen molar-refractivity contribution < 1.29 is 13.2 Å². The van der Waals surface area contributed by atoms with E-state index in [1.165, 1.54) is 22.0 Å². The zero-order valence-electron chi connectivity index (χ0n) is 20.3. The van der Waals surface area contributed by atoms with E-state index >= 15 is 0 Å². The zero-order chi connectivity index (χ0) is 25.6. The number of piperidine rings is 1. The van der Waals surface area contributed by atoms with Gasteiger partial charge in [-0.3, -0.25) is 19.1 Å². The highest BCUT2D eigenvalue weighted by Gasteiger charge is 2.35. The first-order chi connectivity index (χ1) is 17.1. The van der Waals surface area contributed by atoms with Gasteiger partial charge in [0.25, 0.3) is 5.56 Å². The van der Waals surface area contributed by atoms with Crippen LogP contribution in [0.15, 0.2) is 52.5 Å². The second-order valence-electron chi connectivity index (χ2n) is 9.58. The molecular weight excluding hydrogens is 498 g/mol. The predicted octanol–water partition coefficient (Wildman–Crippen LogP) is 3.62. The summed E-state index contributed by atoms with van der Waals surface area (Å²) in [5, 5.41) is 3.68. The molecule has 2 unspecified atom stereocenters. The quantitative estimate of drug-likeness (QED) is 0.426. The van der Waals surface area contributed by atoms with Crippen molar-refractivity contribution in [1.82, 2.24) is 18.8 Å². The van der Waals surface area contributed by atoms with E-state index in [0.29, 0.717) is 28.5 Å². The number of pyridine rings is 1. The molecule has 2 atom stereocenters. The Kier molecular flexibility index (Phi) is 6.39. The second-order valence-corrected chi connectivity index (χ2v) is 12.7. The molecule has 11 heteroatoms. The Hall–Kier alpha value is -3.15. The molecule has 0 spiro atoms. The first-order valence-corrected chi connectivity index (χ1v) is 14.0. The molecule has 9 nitrogen and oxygen atoms in total. The molecule has 1 saturated heterocycles. The fraction of sp³-hybridized carbons (Fsp3) is 0.360. The van der Waals surface area contributed by atoms with Crippen LogP contribution in [-0.2, 0) is 21.4 Å². The van der Waals surface area contributed by atoms with Gasteiger partial charge < -0.3 is 5.32 Å². The van der Waals surface area contributed by atoms with Crippen LogP contribution in [-0.4, -0.2) is 46.3 Å². The van der Waals surface area contributed by atoms with Gasteiger partial charge in [-0.2, -0.15) is 4.31 Å². The minimum atomic E-state index is -3.90. The summed E-state index contributed by atoms with van der Waals surface area (Å²) in [6.45, 7) is 6.30. The van der Waals surface area contributed by atoms with Crippen LogP contribution in [0.4, 0.5) is 5.69 Å². The SMILES string of the molecule is Cc1sc2ncn(CC(=O)Nc3cnc4ccccc4c3)c(=O)c2c1S(=O)(=O)N1CC(C)CC(C)C1. The first-order valence-electron chi connectivity index (χ1n) is 11.8. The monoisotopic (exact) mass is 525 g/mol. The maximum Gasteiger partial charge on any atom is 0.263 e. The normalized spacial score (nSPS) is 19.1. The number of carbonyl (C=O) groups excluding carboxylic acids is 1. The molecule has 4 heterocycles. The molecular formula is C25H27N5O4S2. The zero-order valence-corrected chi connectivity index (χ0v) is 21.9. The van der Waals surface area contributed by atoms with Crippen molar-refractivity contribution >= 4 is 54.1 Å². The van der Waals surface area contributed by atoms with Gasteiger partial charge in [0.15, 0.2) is 0 Å². The van der Waals surface area contributed by atoms with Gasteiger partial charge in [0.1, 0.15) is 16.3 Å². The van der Waals surface area contributed by atoms with Gasteiger partial charge in [-0.05, 0) is 37.3 Å². The summed E-state index contributed by atoms with van der Waals surface area (Å²) in [5.74, 6) is 0.0268. The number of thiophene rings is 1. The number of fused-ring (bicyclic) bond motifs is 2. The van der Waals surface area contributed by atoms with Crippen molar-refractivity contribution in [2.24, 2.45) is 11.8 Å². The minimum Gasteiger partial charge on any atom is -0.323 e. The smallest absolute Gasteiger partial charge is 0.263 e. The molecule has 5 rings (SSSR count). The summed E-state index contributed by atoms with van der Waals surface area (Å²) >= 11 is 1.18. The number of hydrogen-bond donors (Lipinski definition) is 1. The lowest BCUT2D eigenvalue weighted by Crippen LogP contribution is -2.42. The average molecular weight is 526 g/mol. The molecule has 0 radical (unpaired) electrons. The maximum atomic E-state index is 13.7. The number of para-hydroxylation sites is 1. The number of nitrogens with one attached hydrogen (secondary N) is 1. The molecule has 1 aliphatic rings. The van der Waals surface area contributed by atoms with E-state index in [0.717, 1.165) is 21.9 Å². The maximum absolute atomic E-state index is 13.7. The highest BCUT2D eigenvalue weighted by Crippen LogP contribution is 2.35. The number of benzene rings is 1. The van der Waals surface area contributed by atoms with E-state index in [1.807, 2.05) is 38.1 Å². The molecule has 4 aromatic rings. The fourth-order valence-electron chi connectivity index (χ4n) is 4.96. The Balaban J connectivity index is 1.46. The third kappa shape index (κ3) is 4.54.